The first-order chi connectivity index (χ1) is 6.18. The van der Waals surface area contributed by atoms with Crippen LogP contribution in [0.4, 0.5) is 0 Å². The van der Waals surface area contributed by atoms with E-state index in [1.165, 1.54) is 12.3 Å². The molecule has 2 aromatic rings. The van der Waals surface area contributed by atoms with Crippen LogP contribution in [0.2, 0.25) is 0 Å². The predicted molar refractivity (Wildman–Crippen MR) is 43.1 cm³/mol. The normalized spacial score (nSPS) is 9.79. The largest absolute Gasteiger partial charge is 1.00 e. The number of carbonyl (C=O) groups excluding carboxylic acids is 1. The number of furan rings is 1. The van der Waals surface area contributed by atoms with Crippen LogP contribution in [0.5, 0.6) is 0 Å². The monoisotopic (exact) mass is 183 g/mol. The minimum Gasteiger partial charge on any atom is -0.545 e. The number of carboxylic acid groups (broad SMARTS) is 1. The molecule has 2 rings (SSSR count). The third-order valence-corrected chi connectivity index (χ3v) is 1.76. The topological polar surface area (TPSA) is 66.2 Å². The second-order valence-electron chi connectivity index (χ2n) is 2.72. The van der Waals surface area contributed by atoms with Crippen molar-refractivity contribution in [1.29, 1.82) is 0 Å². The molecule has 0 aromatic carbocycles. The molecule has 0 saturated heterocycles. The number of carboxylic acids is 1. The number of fused-ring (bicyclic) bond motifs is 1. The summed E-state index contributed by atoms with van der Waals surface area (Å²) in [6.45, 7) is 1.74. The second kappa shape index (κ2) is 3.87. The van der Waals surface area contributed by atoms with Crippen molar-refractivity contribution in [1.82, 2.24) is 4.98 Å². The molecule has 5 heteroatoms. The van der Waals surface area contributed by atoms with E-state index in [2.05, 4.69) is 4.98 Å². The van der Waals surface area contributed by atoms with Crippen LogP contribution in [0, 0.1) is 6.92 Å². The number of carbonyl (C=O) groups is 1. The Morgan fingerprint density at radius 1 is 1.57 bits per heavy atom. The number of nitrogens with zero attached hydrogens (tertiary/aromatic N) is 1. The zero-order valence-corrected chi connectivity index (χ0v) is 7.90. The van der Waals surface area contributed by atoms with Crippen LogP contribution >= 0.6 is 0 Å². The molecule has 14 heavy (non-hydrogen) atoms. The van der Waals surface area contributed by atoms with E-state index in [0.717, 1.165) is 0 Å². The van der Waals surface area contributed by atoms with Gasteiger partial charge in [0.2, 0.25) is 0 Å². The van der Waals surface area contributed by atoms with E-state index in [0.29, 0.717) is 11.3 Å². The number of aryl methyl sites for hydroxylation is 1. The third-order valence-electron chi connectivity index (χ3n) is 1.76. The summed E-state index contributed by atoms with van der Waals surface area (Å²) in [5, 5.41) is 10.6. The van der Waals surface area contributed by atoms with Gasteiger partial charge in [-0.15, -0.1) is 0 Å². The van der Waals surface area contributed by atoms with Crippen LogP contribution in [-0.4, -0.2) is 11.0 Å². The van der Waals surface area contributed by atoms with E-state index < -0.39 is 5.97 Å². The summed E-state index contributed by atoms with van der Waals surface area (Å²) < 4.78 is 5.18. The summed E-state index contributed by atoms with van der Waals surface area (Å²) in [6, 6.07) is 3.04. The SMILES string of the molecule is Cc1cc2nccc(C(=O)[O-])c2o1.[Li+]. The molecule has 0 aliphatic carbocycles. The third kappa shape index (κ3) is 1.67. The van der Waals surface area contributed by atoms with Gasteiger partial charge in [-0.25, -0.2) is 0 Å². The van der Waals surface area contributed by atoms with Crippen LogP contribution < -0.4 is 24.0 Å². The van der Waals surface area contributed by atoms with Gasteiger partial charge in [-0.05, 0) is 13.0 Å². The van der Waals surface area contributed by atoms with Gasteiger partial charge < -0.3 is 14.3 Å². The standard InChI is InChI=1S/C9H7NO3.Li/c1-5-4-7-8(13-5)6(9(11)12)2-3-10-7;/h2-4H,1H3,(H,11,12);/q;+1/p-1. The number of aromatic carboxylic acids is 1. The first-order valence-corrected chi connectivity index (χ1v) is 3.75. The Kier molecular flexibility index (Phi) is 2.99. The number of hydrogen-bond acceptors (Lipinski definition) is 4. The van der Waals surface area contributed by atoms with Crippen LogP contribution in [0.3, 0.4) is 0 Å². The van der Waals surface area contributed by atoms with E-state index in [4.69, 9.17) is 4.42 Å². The fourth-order valence-electron chi connectivity index (χ4n) is 1.22. The minimum atomic E-state index is -1.25. The van der Waals surface area contributed by atoms with Gasteiger partial charge in [-0.1, -0.05) is 0 Å². The molecule has 0 aliphatic heterocycles. The minimum absolute atomic E-state index is 0. The fourth-order valence-corrected chi connectivity index (χ4v) is 1.22. The number of rotatable bonds is 1. The van der Waals surface area contributed by atoms with Gasteiger partial charge in [0.05, 0.1) is 5.97 Å². The molecule has 0 atom stereocenters. The zero-order valence-electron chi connectivity index (χ0n) is 7.90. The van der Waals surface area contributed by atoms with Crippen molar-refractivity contribution in [2.75, 3.05) is 0 Å². The van der Waals surface area contributed by atoms with Gasteiger partial charge in [-0.2, -0.15) is 0 Å². The van der Waals surface area contributed by atoms with Gasteiger partial charge in [-0.3, -0.25) is 4.98 Å². The van der Waals surface area contributed by atoms with Crippen molar-refractivity contribution in [2.24, 2.45) is 0 Å². The molecular formula is C9H6LiNO3. The molecule has 0 spiro atoms. The van der Waals surface area contributed by atoms with Crippen molar-refractivity contribution in [3.63, 3.8) is 0 Å². The molecule has 0 saturated carbocycles. The number of pyridine rings is 1. The van der Waals surface area contributed by atoms with E-state index in [-0.39, 0.29) is 30.0 Å². The molecular weight excluding hydrogens is 177 g/mol. The molecule has 2 aromatic heterocycles. The molecule has 0 N–H and O–H groups in total. The molecule has 66 valence electrons. The Bertz CT molecular complexity index is 478. The van der Waals surface area contributed by atoms with Crippen LogP contribution in [0.15, 0.2) is 22.7 Å². The Labute approximate surface area is 92.1 Å². The first-order valence-electron chi connectivity index (χ1n) is 3.75. The maximum absolute atomic E-state index is 10.6. The summed E-state index contributed by atoms with van der Waals surface area (Å²) in [7, 11) is 0. The Morgan fingerprint density at radius 3 is 2.93 bits per heavy atom. The molecule has 0 radical (unpaired) electrons. The van der Waals surface area contributed by atoms with Crippen molar-refractivity contribution in [3.8, 4) is 0 Å². The van der Waals surface area contributed by atoms with E-state index in [9.17, 15) is 9.90 Å². The van der Waals surface area contributed by atoms with Gasteiger partial charge in [0.1, 0.15) is 11.3 Å². The average Bonchev–Trinajstić information content (AvgIpc) is 2.43. The quantitative estimate of drug-likeness (QED) is 0.458. The number of aromatic nitrogens is 1. The molecule has 0 fully saturated rings. The second-order valence-corrected chi connectivity index (χ2v) is 2.72. The van der Waals surface area contributed by atoms with Crippen molar-refractivity contribution >= 4 is 17.1 Å². The summed E-state index contributed by atoms with van der Waals surface area (Å²) in [4.78, 5) is 14.6. The Balaban J connectivity index is 0.000000980. The summed E-state index contributed by atoms with van der Waals surface area (Å²) in [5.74, 6) is -0.613. The van der Waals surface area contributed by atoms with Gasteiger partial charge in [0.25, 0.3) is 0 Å². The van der Waals surface area contributed by atoms with Crippen LogP contribution in [-0.2, 0) is 0 Å². The van der Waals surface area contributed by atoms with Crippen molar-refractivity contribution in [2.45, 2.75) is 6.92 Å². The van der Waals surface area contributed by atoms with E-state index in [1.54, 1.807) is 13.0 Å². The van der Waals surface area contributed by atoms with Gasteiger partial charge >= 0.3 is 18.9 Å². The smallest absolute Gasteiger partial charge is 0.545 e. The maximum atomic E-state index is 10.6. The van der Waals surface area contributed by atoms with Crippen LogP contribution in [0.25, 0.3) is 11.1 Å². The summed E-state index contributed by atoms with van der Waals surface area (Å²) in [6.07, 6.45) is 1.42. The first kappa shape index (κ1) is 10.8. The van der Waals surface area contributed by atoms with Gasteiger partial charge in [0.15, 0.2) is 5.58 Å². The molecule has 0 bridgehead atoms. The molecule has 2 heterocycles. The molecule has 0 amide bonds. The zero-order chi connectivity index (χ0) is 9.42. The van der Waals surface area contributed by atoms with Gasteiger partial charge in [0, 0.05) is 17.8 Å². The maximum Gasteiger partial charge on any atom is 1.00 e. The fraction of sp³-hybridized carbons (Fsp3) is 0.111. The van der Waals surface area contributed by atoms with E-state index >= 15 is 0 Å². The average molecular weight is 183 g/mol. The summed E-state index contributed by atoms with van der Waals surface area (Å²) in [5.41, 5.74) is 0.859. The van der Waals surface area contributed by atoms with Crippen LogP contribution in [0.1, 0.15) is 16.1 Å². The van der Waals surface area contributed by atoms with Crippen molar-refractivity contribution in [3.05, 3.63) is 29.7 Å². The molecule has 0 unspecified atom stereocenters. The van der Waals surface area contributed by atoms with E-state index in [1.807, 2.05) is 0 Å². The molecule has 0 aliphatic rings. The molecule has 4 nitrogen and oxygen atoms in total. The Hall–Kier alpha value is -1.24. The van der Waals surface area contributed by atoms with Crippen molar-refractivity contribution < 1.29 is 33.2 Å². The number of hydrogen-bond donors (Lipinski definition) is 0. The predicted octanol–water partition coefficient (Wildman–Crippen LogP) is -2.50. The Morgan fingerprint density at radius 2 is 2.29 bits per heavy atom. The summed E-state index contributed by atoms with van der Waals surface area (Å²) >= 11 is 0.